The van der Waals surface area contributed by atoms with E-state index in [4.69, 9.17) is 19.0 Å². The van der Waals surface area contributed by atoms with E-state index in [0.717, 1.165) is 24.8 Å². The smallest absolute Gasteiger partial charge is 0.371 e. The van der Waals surface area contributed by atoms with E-state index in [1.165, 1.54) is 23.3 Å². The number of methoxy groups -OCH3 is 1. The molecule has 1 aromatic carbocycles. The quantitative estimate of drug-likeness (QED) is 0.880. The molecule has 1 aliphatic carbocycles. The van der Waals surface area contributed by atoms with Crippen LogP contribution in [-0.2, 0) is 11.8 Å². The van der Waals surface area contributed by atoms with Crippen LogP contribution in [0, 0.1) is 6.92 Å². The SMILES string of the molecule is COc1c(Oc2ccc(C(=O)O)o2)c(C)cc2c1C(C)(C)CCC2. The number of ether oxygens (including phenoxy) is 2. The number of aromatic carboxylic acids is 1. The van der Waals surface area contributed by atoms with Gasteiger partial charge in [-0.15, -0.1) is 0 Å². The Balaban J connectivity index is 2.08. The van der Waals surface area contributed by atoms with Crippen molar-refractivity contribution >= 4 is 5.97 Å². The van der Waals surface area contributed by atoms with Gasteiger partial charge in [0.2, 0.25) is 5.76 Å². The standard InChI is InChI=1S/C19H22O5/c1-11-10-12-6-5-9-19(2,3)15(12)17(22-4)16(11)24-14-8-7-13(23-14)18(20)21/h7-8,10H,5-6,9H2,1-4H3,(H,20,21). The van der Waals surface area contributed by atoms with Crippen molar-refractivity contribution in [3.8, 4) is 17.4 Å². The van der Waals surface area contributed by atoms with Crippen LogP contribution in [0.4, 0.5) is 0 Å². The molecule has 5 heteroatoms. The van der Waals surface area contributed by atoms with E-state index in [1.54, 1.807) is 7.11 Å². The molecule has 0 saturated carbocycles. The van der Waals surface area contributed by atoms with Crippen LogP contribution in [0.2, 0.25) is 0 Å². The molecule has 1 aliphatic rings. The second kappa shape index (κ2) is 5.89. The summed E-state index contributed by atoms with van der Waals surface area (Å²) in [6.45, 7) is 6.38. The number of hydrogen-bond acceptors (Lipinski definition) is 4. The van der Waals surface area contributed by atoms with Gasteiger partial charge in [0.1, 0.15) is 0 Å². The molecule has 0 spiro atoms. The van der Waals surface area contributed by atoms with Gasteiger partial charge >= 0.3 is 5.97 Å². The van der Waals surface area contributed by atoms with Gasteiger partial charge in [-0.3, -0.25) is 0 Å². The highest BCUT2D eigenvalue weighted by Gasteiger charge is 2.33. The van der Waals surface area contributed by atoms with Crippen LogP contribution >= 0.6 is 0 Å². The number of fused-ring (bicyclic) bond motifs is 1. The Hall–Kier alpha value is -2.43. The van der Waals surface area contributed by atoms with Crippen LogP contribution in [0.1, 0.15) is 53.9 Å². The van der Waals surface area contributed by atoms with E-state index in [9.17, 15) is 4.79 Å². The molecule has 5 nitrogen and oxygen atoms in total. The molecule has 1 N–H and O–H groups in total. The molecule has 1 heterocycles. The number of rotatable bonds is 4. The third-order valence-electron chi connectivity index (χ3n) is 4.63. The second-order valence-electron chi connectivity index (χ2n) is 6.85. The Morgan fingerprint density at radius 1 is 1.29 bits per heavy atom. The van der Waals surface area contributed by atoms with Gasteiger partial charge < -0.3 is 19.0 Å². The van der Waals surface area contributed by atoms with Crippen molar-refractivity contribution in [3.05, 3.63) is 40.6 Å². The number of carboxylic acids is 1. The van der Waals surface area contributed by atoms with Gasteiger partial charge in [-0.25, -0.2) is 4.79 Å². The molecule has 0 fully saturated rings. The molecule has 0 unspecified atom stereocenters. The predicted molar refractivity (Wildman–Crippen MR) is 89.4 cm³/mol. The van der Waals surface area contributed by atoms with Crippen LogP contribution < -0.4 is 9.47 Å². The first-order valence-electron chi connectivity index (χ1n) is 8.05. The summed E-state index contributed by atoms with van der Waals surface area (Å²) >= 11 is 0. The summed E-state index contributed by atoms with van der Waals surface area (Å²) in [5.41, 5.74) is 3.40. The van der Waals surface area contributed by atoms with Crippen LogP contribution in [0.5, 0.6) is 17.4 Å². The van der Waals surface area contributed by atoms with E-state index in [0.29, 0.717) is 11.5 Å². The monoisotopic (exact) mass is 330 g/mol. The average molecular weight is 330 g/mol. The Kier molecular flexibility index (Phi) is 4.03. The Bertz CT molecular complexity index is 785. The van der Waals surface area contributed by atoms with E-state index in [1.807, 2.05) is 6.92 Å². The van der Waals surface area contributed by atoms with Gasteiger partial charge in [0.05, 0.1) is 7.11 Å². The number of benzene rings is 1. The molecule has 3 rings (SSSR count). The second-order valence-corrected chi connectivity index (χ2v) is 6.85. The van der Waals surface area contributed by atoms with Gasteiger partial charge in [-0.05, 0) is 48.8 Å². The van der Waals surface area contributed by atoms with Crippen molar-refractivity contribution in [1.29, 1.82) is 0 Å². The van der Waals surface area contributed by atoms with Gasteiger partial charge in [-0.2, -0.15) is 0 Å². The van der Waals surface area contributed by atoms with Crippen molar-refractivity contribution in [1.82, 2.24) is 0 Å². The summed E-state index contributed by atoms with van der Waals surface area (Å²) in [4.78, 5) is 11.0. The number of aryl methyl sites for hydroxylation is 2. The highest BCUT2D eigenvalue weighted by molar-refractivity contribution is 5.84. The van der Waals surface area contributed by atoms with Gasteiger partial charge in [0.25, 0.3) is 5.95 Å². The maximum absolute atomic E-state index is 11.0. The first-order valence-corrected chi connectivity index (χ1v) is 8.05. The van der Waals surface area contributed by atoms with Crippen molar-refractivity contribution < 1.29 is 23.8 Å². The summed E-state index contributed by atoms with van der Waals surface area (Å²) in [5, 5.41) is 8.97. The van der Waals surface area contributed by atoms with Crippen molar-refractivity contribution in [3.63, 3.8) is 0 Å². The third kappa shape index (κ3) is 2.75. The third-order valence-corrected chi connectivity index (χ3v) is 4.63. The summed E-state index contributed by atoms with van der Waals surface area (Å²) < 4.78 is 16.8. The first-order chi connectivity index (χ1) is 11.3. The van der Waals surface area contributed by atoms with E-state index >= 15 is 0 Å². The molecular weight excluding hydrogens is 308 g/mol. The molecule has 0 amide bonds. The maximum atomic E-state index is 11.0. The highest BCUT2D eigenvalue weighted by atomic mass is 16.6. The molecule has 0 aliphatic heterocycles. The molecule has 0 saturated heterocycles. The summed E-state index contributed by atoms with van der Waals surface area (Å²) in [6.07, 6.45) is 3.27. The number of carbonyl (C=O) groups is 1. The predicted octanol–water partition coefficient (Wildman–Crippen LogP) is 4.70. The Morgan fingerprint density at radius 2 is 2.04 bits per heavy atom. The molecule has 1 aromatic heterocycles. The minimum absolute atomic E-state index is 0.000125. The molecule has 2 aromatic rings. The lowest BCUT2D eigenvalue weighted by Crippen LogP contribution is -2.25. The summed E-state index contributed by atoms with van der Waals surface area (Å²) in [5.74, 6) is 0.155. The van der Waals surface area contributed by atoms with Crippen LogP contribution in [0.25, 0.3) is 0 Å². The van der Waals surface area contributed by atoms with Gasteiger partial charge in [0.15, 0.2) is 11.5 Å². The van der Waals surface area contributed by atoms with Crippen LogP contribution in [-0.4, -0.2) is 18.2 Å². The number of hydrogen-bond donors (Lipinski definition) is 1. The fraction of sp³-hybridized carbons (Fsp3) is 0.421. The van der Waals surface area contributed by atoms with E-state index < -0.39 is 5.97 Å². The summed E-state index contributed by atoms with van der Waals surface area (Å²) in [6, 6.07) is 5.02. The van der Waals surface area contributed by atoms with Crippen molar-refractivity contribution in [2.45, 2.75) is 45.4 Å². The van der Waals surface area contributed by atoms with Gasteiger partial charge in [-0.1, -0.05) is 19.9 Å². The van der Waals surface area contributed by atoms with Crippen LogP contribution in [0.3, 0.4) is 0 Å². The topological polar surface area (TPSA) is 68.9 Å². The zero-order valence-corrected chi connectivity index (χ0v) is 14.4. The zero-order valence-electron chi connectivity index (χ0n) is 14.4. The Morgan fingerprint density at radius 3 is 2.67 bits per heavy atom. The molecule has 0 radical (unpaired) electrons. The molecular formula is C19H22O5. The van der Waals surface area contributed by atoms with Crippen molar-refractivity contribution in [2.75, 3.05) is 7.11 Å². The minimum Gasteiger partial charge on any atom is -0.493 e. The normalized spacial score (nSPS) is 15.7. The lowest BCUT2D eigenvalue weighted by atomic mass is 9.72. The Labute approximate surface area is 141 Å². The van der Waals surface area contributed by atoms with E-state index in [-0.39, 0.29) is 17.1 Å². The lowest BCUT2D eigenvalue weighted by Gasteiger charge is -2.35. The minimum atomic E-state index is -1.12. The number of carboxylic acid groups (broad SMARTS) is 1. The van der Waals surface area contributed by atoms with Gasteiger partial charge in [0, 0.05) is 11.6 Å². The fourth-order valence-electron chi connectivity index (χ4n) is 3.53. The largest absolute Gasteiger partial charge is 0.493 e. The molecule has 128 valence electrons. The molecule has 0 bridgehead atoms. The highest BCUT2D eigenvalue weighted by Crippen LogP contribution is 2.48. The average Bonchev–Trinajstić information content (AvgIpc) is 2.97. The maximum Gasteiger partial charge on any atom is 0.371 e. The van der Waals surface area contributed by atoms with E-state index in [2.05, 4.69) is 19.9 Å². The number of furan rings is 1. The zero-order chi connectivity index (χ0) is 17.5. The first kappa shape index (κ1) is 16.4. The van der Waals surface area contributed by atoms with Crippen molar-refractivity contribution in [2.24, 2.45) is 0 Å². The molecule has 24 heavy (non-hydrogen) atoms. The summed E-state index contributed by atoms with van der Waals surface area (Å²) in [7, 11) is 1.64. The lowest BCUT2D eigenvalue weighted by molar-refractivity contribution is 0.0657. The fourth-order valence-corrected chi connectivity index (χ4v) is 3.53. The molecule has 0 atom stereocenters. The van der Waals surface area contributed by atoms with Crippen LogP contribution in [0.15, 0.2) is 22.6 Å².